The molecule has 6 aromatic rings. The Morgan fingerprint density at radius 2 is 1.27 bits per heavy atom. The fraction of sp³-hybridized carbons (Fsp3) is 0.265. The average Bonchev–Trinajstić information content (AvgIpc) is 3.40. The van der Waals surface area contributed by atoms with Crippen molar-refractivity contribution in [3.8, 4) is 22.3 Å². The van der Waals surface area contributed by atoms with Crippen LogP contribution in [0.2, 0.25) is 0 Å². The Balaban J connectivity index is 1.19. The fourth-order valence-corrected chi connectivity index (χ4v) is 9.85. The maximum atomic E-state index is 3.88. The summed E-state index contributed by atoms with van der Waals surface area (Å²) in [5.41, 5.74) is 18.9. The molecule has 1 fully saturated rings. The Hall–Kier alpha value is -4.40. The van der Waals surface area contributed by atoms with E-state index in [4.69, 9.17) is 0 Å². The van der Waals surface area contributed by atoms with Gasteiger partial charge in [0.1, 0.15) is 0 Å². The van der Waals surface area contributed by atoms with Crippen molar-refractivity contribution >= 4 is 33.0 Å². The van der Waals surface area contributed by atoms with Crippen LogP contribution in [0.4, 0.5) is 17.1 Å². The number of halogens is 1. The molecule has 0 N–H and O–H groups in total. The molecule has 0 spiro atoms. The van der Waals surface area contributed by atoms with Crippen LogP contribution < -0.4 is 4.90 Å². The molecule has 0 amide bonds. The Bertz CT molecular complexity index is 2220. The number of benzene rings is 6. The minimum atomic E-state index is -0.122. The van der Waals surface area contributed by atoms with Gasteiger partial charge in [-0.05, 0) is 142 Å². The molecule has 0 aliphatic heterocycles. The summed E-state index contributed by atoms with van der Waals surface area (Å²) in [4.78, 5) is 2.57. The minimum absolute atomic E-state index is 0.122. The third kappa shape index (κ3) is 5.96. The van der Waals surface area contributed by atoms with Gasteiger partial charge in [-0.2, -0.15) is 0 Å². The highest BCUT2D eigenvalue weighted by atomic mass is 79.9. The molecule has 51 heavy (non-hydrogen) atoms. The summed E-state index contributed by atoms with van der Waals surface area (Å²) in [5, 5.41) is 0. The molecule has 0 aromatic heterocycles. The quantitative estimate of drug-likeness (QED) is 0.171. The standard InChI is InChI=1S/C49H46BrN/c1-49(2)44-15-9-14-42(37-12-7-4-8-13-37)48(44)43-29-28-41(32-45(43)49)51(40-26-24-36(25-27-40)35-10-5-3-6-11-35)47-31-34-17-21-38-20-16-33(30-46(38)50)18-22-39(47)23-19-34/h4,7-9,12-16,19-20,23-32,35H,3,5-6,10-11,17-18,21-22H2,1-2H3. The SMILES string of the molecule is CC1(C)c2cc(N(c3ccc(C4CCCCC4)cc3)c3cc4ccc3CCc3ccc(c(Br)c3)CC4)ccc2-c2c(-c3ccccc3)cccc21. The van der Waals surface area contributed by atoms with Crippen molar-refractivity contribution in [1.82, 2.24) is 0 Å². The van der Waals surface area contributed by atoms with Gasteiger partial charge in [0.15, 0.2) is 0 Å². The fourth-order valence-electron chi connectivity index (χ4n) is 9.22. The van der Waals surface area contributed by atoms with Gasteiger partial charge in [0.2, 0.25) is 0 Å². The van der Waals surface area contributed by atoms with Crippen LogP contribution in [0.1, 0.15) is 90.8 Å². The van der Waals surface area contributed by atoms with E-state index in [2.05, 4.69) is 162 Å². The lowest BCUT2D eigenvalue weighted by atomic mass is 9.81. The Morgan fingerprint density at radius 1 is 0.569 bits per heavy atom. The second-order valence-corrected chi connectivity index (χ2v) is 16.5. The lowest BCUT2D eigenvalue weighted by Crippen LogP contribution is -2.17. The zero-order chi connectivity index (χ0) is 34.5. The Morgan fingerprint density at radius 3 is 2.04 bits per heavy atom. The number of nitrogens with zero attached hydrogens (tertiary/aromatic N) is 1. The van der Waals surface area contributed by atoms with Gasteiger partial charge in [0.05, 0.1) is 0 Å². The highest BCUT2D eigenvalue weighted by Crippen LogP contribution is 2.54. The van der Waals surface area contributed by atoms with Crippen molar-refractivity contribution in [2.24, 2.45) is 0 Å². The number of hydrogen-bond acceptors (Lipinski definition) is 1. The van der Waals surface area contributed by atoms with Crippen LogP contribution in [0.15, 0.2) is 132 Å². The van der Waals surface area contributed by atoms with E-state index in [1.165, 1.54) is 115 Å². The summed E-state index contributed by atoms with van der Waals surface area (Å²) >= 11 is 3.88. The summed E-state index contributed by atoms with van der Waals surface area (Å²) < 4.78 is 1.24. The molecule has 0 unspecified atom stereocenters. The molecule has 6 aliphatic carbocycles. The second kappa shape index (κ2) is 13.3. The number of rotatable bonds is 5. The Kier molecular flexibility index (Phi) is 8.47. The van der Waals surface area contributed by atoms with Gasteiger partial charge in [0, 0.05) is 26.9 Å². The van der Waals surface area contributed by atoms with E-state index in [0.717, 1.165) is 25.7 Å². The van der Waals surface area contributed by atoms with Crippen molar-refractivity contribution in [3.63, 3.8) is 0 Å². The second-order valence-electron chi connectivity index (χ2n) is 15.6. The van der Waals surface area contributed by atoms with Gasteiger partial charge in [-0.25, -0.2) is 0 Å². The first kappa shape index (κ1) is 32.5. The maximum Gasteiger partial charge on any atom is 0.0496 e. The van der Waals surface area contributed by atoms with Crippen molar-refractivity contribution in [2.75, 3.05) is 4.90 Å². The first-order valence-electron chi connectivity index (χ1n) is 19.1. The number of fused-ring (bicyclic) bond motifs is 3. The molecule has 6 aromatic carbocycles. The van der Waals surface area contributed by atoms with Crippen LogP contribution in [0, 0.1) is 0 Å². The highest BCUT2D eigenvalue weighted by Gasteiger charge is 2.37. The summed E-state index contributed by atoms with van der Waals surface area (Å²) in [5.74, 6) is 0.689. The average molecular weight is 729 g/mol. The van der Waals surface area contributed by atoms with Crippen molar-refractivity contribution < 1.29 is 0 Å². The molecule has 12 rings (SSSR count). The van der Waals surface area contributed by atoms with E-state index >= 15 is 0 Å². The van der Waals surface area contributed by atoms with E-state index in [-0.39, 0.29) is 5.41 Å². The number of aryl methyl sites for hydroxylation is 4. The largest absolute Gasteiger partial charge is 0.310 e. The molecule has 0 radical (unpaired) electrons. The molecule has 0 heterocycles. The molecular formula is C49H46BrN. The molecule has 1 saturated carbocycles. The molecule has 4 bridgehead atoms. The van der Waals surface area contributed by atoms with Crippen LogP contribution >= 0.6 is 15.9 Å². The van der Waals surface area contributed by atoms with E-state index < -0.39 is 0 Å². The van der Waals surface area contributed by atoms with Crippen molar-refractivity contribution in [3.05, 3.63) is 171 Å². The van der Waals surface area contributed by atoms with Gasteiger partial charge in [-0.1, -0.05) is 140 Å². The topological polar surface area (TPSA) is 3.24 Å². The third-order valence-corrected chi connectivity index (χ3v) is 12.9. The van der Waals surface area contributed by atoms with Crippen molar-refractivity contribution in [1.29, 1.82) is 0 Å². The number of anilines is 3. The molecule has 0 atom stereocenters. The summed E-state index contributed by atoms with van der Waals surface area (Å²) in [6.45, 7) is 4.82. The summed E-state index contributed by atoms with van der Waals surface area (Å²) in [7, 11) is 0. The van der Waals surface area contributed by atoms with Crippen LogP contribution in [0.5, 0.6) is 0 Å². The van der Waals surface area contributed by atoms with Crippen molar-refractivity contribution in [2.45, 2.75) is 83.0 Å². The van der Waals surface area contributed by atoms with Crippen LogP contribution in [-0.4, -0.2) is 0 Å². The van der Waals surface area contributed by atoms with Gasteiger partial charge in [-0.3, -0.25) is 0 Å². The molecule has 6 aliphatic rings. The van der Waals surface area contributed by atoms with E-state index in [1.54, 1.807) is 0 Å². The Labute approximate surface area is 312 Å². The van der Waals surface area contributed by atoms with Gasteiger partial charge in [0.25, 0.3) is 0 Å². The zero-order valence-corrected chi connectivity index (χ0v) is 31.5. The molecule has 2 heteroatoms. The summed E-state index contributed by atoms with van der Waals surface area (Å²) in [6, 6.07) is 49.0. The predicted molar refractivity (Wildman–Crippen MR) is 219 cm³/mol. The lowest BCUT2D eigenvalue weighted by Gasteiger charge is -2.31. The molecule has 0 saturated heterocycles. The van der Waals surface area contributed by atoms with Gasteiger partial charge < -0.3 is 4.90 Å². The van der Waals surface area contributed by atoms with Crippen LogP contribution in [0.3, 0.4) is 0 Å². The molecular weight excluding hydrogens is 682 g/mol. The van der Waals surface area contributed by atoms with Gasteiger partial charge >= 0.3 is 0 Å². The summed E-state index contributed by atoms with van der Waals surface area (Å²) in [6.07, 6.45) is 10.7. The zero-order valence-electron chi connectivity index (χ0n) is 29.9. The molecule has 1 nitrogen and oxygen atoms in total. The first-order chi connectivity index (χ1) is 24.9. The number of hydrogen-bond donors (Lipinski definition) is 0. The van der Waals surface area contributed by atoms with Crippen LogP contribution in [0.25, 0.3) is 22.3 Å². The maximum absolute atomic E-state index is 3.88. The smallest absolute Gasteiger partial charge is 0.0496 e. The van der Waals surface area contributed by atoms with E-state index in [1.807, 2.05) is 0 Å². The van der Waals surface area contributed by atoms with Crippen LogP contribution in [-0.2, 0) is 31.1 Å². The lowest BCUT2D eigenvalue weighted by molar-refractivity contribution is 0.443. The minimum Gasteiger partial charge on any atom is -0.310 e. The highest BCUT2D eigenvalue weighted by molar-refractivity contribution is 9.10. The molecule has 254 valence electrons. The van der Waals surface area contributed by atoms with Gasteiger partial charge in [-0.15, -0.1) is 0 Å². The predicted octanol–water partition coefficient (Wildman–Crippen LogP) is 13.8. The normalized spacial score (nSPS) is 16.3. The van der Waals surface area contributed by atoms with E-state index in [9.17, 15) is 0 Å². The van der Waals surface area contributed by atoms with E-state index in [0.29, 0.717) is 5.92 Å². The monoisotopic (exact) mass is 727 g/mol. The third-order valence-electron chi connectivity index (χ3n) is 12.1. The first-order valence-corrected chi connectivity index (χ1v) is 19.9.